The zero-order chi connectivity index (χ0) is 10.3. The van der Waals surface area contributed by atoms with Crippen LogP contribution in [0.2, 0.25) is 0 Å². The average Bonchev–Trinajstić information content (AvgIpc) is 2.15. The fourth-order valence-corrected chi connectivity index (χ4v) is 1.99. The summed E-state index contributed by atoms with van der Waals surface area (Å²) < 4.78 is 0. The van der Waals surface area contributed by atoms with Gasteiger partial charge in [0.1, 0.15) is 0 Å². The first-order valence-electron chi connectivity index (χ1n) is 5.06. The van der Waals surface area contributed by atoms with Crippen molar-refractivity contribution in [3.63, 3.8) is 0 Å². The smallest absolute Gasteiger partial charge is 0.0241 e. The van der Waals surface area contributed by atoms with E-state index in [1.807, 2.05) is 11.8 Å². The summed E-state index contributed by atoms with van der Waals surface area (Å²) in [6.45, 7) is 6.44. The highest BCUT2D eigenvalue weighted by Gasteiger charge is 2.18. The van der Waals surface area contributed by atoms with Gasteiger partial charge < -0.3 is 10.6 Å². The van der Waals surface area contributed by atoms with Gasteiger partial charge in [0.15, 0.2) is 0 Å². The van der Waals surface area contributed by atoms with Crippen LogP contribution in [-0.2, 0) is 0 Å². The van der Waals surface area contributed by atoms with E-state index in [0.717, 1.165) is 13.1 Å². The number of thioether (sulfide) groups is 1. The minimum Gasteiger partial charge on any atom is -0.329 e. The van der Waals surface area contributed by atoms with Crippen molar-refractivity contribution in [1.29, 1.82) is 0 Å². The van der Waals surface area contributed by atoms with Crippen LogP contribution in [0.1, 0.15) is 20.3 Å². The van der Waals surface area contributed by atoms with Crippen LogP contribution in [0.5, 0.6) is 0 Å². The van der Waals surface area contributed by atoms with Gasteiger partial charge in [-0.3, -0.25) is 0 Å². The lowest BCUT2D eigenvalue weighted by atomic mass is 9.98. The maximum absolute atomic E-state index is 5.77. The lowest BCUT2D eigenvalue weighted by Gasteiger charge is -2.31. The van der Waals surface area contributed by atoms with Crippen molar-refractivity contribution >= 4 is 11.8 Å². The van der Waals surface area contributed by atoms with E-state index in [9.17, 15) is 0 Å². The molecular formula is C10H24N2S. The van der Waals surface area contributed by atoms with Crippen LogP contribution in [0, 0.1) is 5.92 Å². The lowest BCUT2D eigenvalue weighted by molar-refractivity contribution is 0.195. The van der Waals surface area contributed by atoms with E-state index in [1.165, 1.54) is 12.2 Å². The van der Waals surface area contributed by atoms with Gasteiger partial charge in [-0.2, -0.15) is 11.8 Å². The molecule has 0 rings (SSSR count). The molecule has 0 heterocycles. The number of hydrogen-bond donors (Lipinski definition) is 1. The van der Waals surface area contributed by atoms with Gasteiger partial charge in [0.2, 0.25) is 0 Å². The predicted octanol–water partition coefficient (Wildman–Crippen LogP) is 1.65. The van der Waals surface area contributed by atoms with Crippen molar-refractivity contribution in [1.82, 2.24) is 4.90 Å². The maximum atomic E-state index is 5.77. The van der Waals surface area contributed by atoms with Crippen molar-refractivity contribution in [2.45, 2.75) is 26.3 Å². The van der Waals surface area contributed by atoms with Gasteiger partial charge in [0.25, 0.3) is 0 Å². The molecule has 0 aliphatic rings. The van der Waals surface area contributed by atoms with Crippen molar-refractivity contribution < 1.29 is 0 Å². The summed E-state index contributed by atoms with van der Waals surface area (Å²) in [5.74, 6) is 1.90. The molecule has 0 aromatic carbocycles. The number of nitrogens with two attached hydrogens (primary N) is 1. The third-order valence-corrected chi connectivity index (χ3v) is 3.35. The summed E-state index contributed by atoms with van der Waals surface area (Å²) in [6.07, 6.45) is 3.36. The first kappa shape index (κ1) is 13.3. The number of hydrogen-bond acceptors (Lipinski definition) is 3. The first-order valence-corrected chi connectivity index (χ1v) is 6.45. The Morgan fingerprint density at radius 2 is 2.08 bits per heavy atom. The molecule has 0 aliphatic heterocycles. The van der Waals surface area contributed by atoms with Crippen LogP contribution < -0.4 is 5.73 Å². The molecule has 2 unspecified atom stereocenters. The molecule has 0 fully saturated rings. The van der Waals surface area contributed by atoms with Gasteiger partial charge in [-0.1, -0.05) is 20.3 Å². The zero-order valence-electron chi connectivity index (χ0n) is 9.42. The van der Waals surface area contributed by atoms with E-state index in [4.69, 9.17) is 5.73 Å². The zero-order valence-corrected chi connectivity index (χ0v) is 10.2. The van der Waals surface area contributed by atoms with Crippen LogP contribution in [-0.4, -0.2) is 43.1 Å². The molecule has 0 aromatic heterocycles. The molecule has 3 heteroatoms. The quantitative estimate of drug-likeness (QED) is 0.684. The third kappa shape index (κ3) is 4.89. The van der Waals surface area contributed by atoms with Crippen molar-refractivity contribution in [2.75, 3.05) is 32.1 Å². The summed E-state index contributed by atoms with van der Waals surface area (Å²) in [6, 6.07) is 0.553. The molecule has 0 spiro atoms. The molecule has 13 heavy (non-hydrogen) atoms. The van der Waals surface area contributed by atoms with Gasteiger partial charge in [-0.05, 0) is 19.2 Å². The number of rotatable bonds is 7. The molecule has 2 atom stereocenters. The SMILES string of the molecule is CCC(C)C(CN)N(C)CCSC. The molecular weight excluding hydrogens is 180 g/mol. The number of nitrogens with zero attached hydrogens (tertiary/aromatic N) is 1. The van der Waals surface area contributed by atoms with Crippen LogP contribution in [0.4, 0.5) is 0 Å². The first-order chi connectivity index (χ1) is 6.17. The summed E-state index contributed by atoms with van der Waals surface area (Å²) in [4.78, 5) is 2.39. The van der Waals surface area contributed by atoms with Gasteiger partial charge >= 0.3 is 0 Å². The van der Waals surface area contributed by atoms with E-state index in [-0.39, 0.29) is 0 Å². The molecule has 2 N–H and O–H groups in total. The van der Waals surface area contributed by atoms with Gasteiger partial charge in [-0.15, -0.1) is 0 Å². The second kappa shape index (κ2) is 7.65. The van der Waals surface area contributed by atoms with Gasteiger partial charge in [0.05, 0.1) is 0 Å². The van der Waals surface area contributed by atoms with Crippen LogP contribution in [0.15, 0.2) is 0 Å². The summed E-state index contributed by atoms with van der Waals surface area (Å²) in [7, 11) is 2.18. The number of likely N-dealkylation sites (N-methyl/N-ethyl adjacent to an activating group) is 1. The van der Waals surface area contributed by atoms with Crippen molar-refractivity contribution in [3.8, 4) is 0 Å². The molecule has 0 saturated carbocycles. The Balaban J connectivity index is 3.90. The molecule has 0 saturated heterocycles. The minimum absolute atomic E-state index is 0.553. The fourth-order valence-electron chi connectivity index (χ4n) is 1.52. The van der Waals surface area contributed by atoms with E-state index in [0.29, 0.717) is 12.0 Å². The topological polar surface area (TPSA) is 29.3 Å². The van der Waals surface area contributed by atoms with Crippen LogP contribution in [0.3, 0.4) is 0 Å². The minimum atomic E-state index is 0.553. The Kier molecular flexibility index (Phi) is 7.81. The standard InChI is InChI=1S/C10H24N2S/c1-5-9(2)10(8-11)12(3)6-7-13-4/h9-10H,5-8,11H2,1-4H3. The highest BCUT2D eigenvalue weighted by atomic mass is 32.2. The predicted molar refractivity (Wildman–Crippen MR) is 63.3 cm³/mol. The summed E-state index contributed by atoms with van der Waals surface area (Å²) >= 11 is 1.89. The third-order valence-electron chi connectivity index (χ3n) is 2.76. The largest absolute Gasteiger partial charge is 0.329 e. The normalized spacial score (nSPS) is 16.2. The maximum Gasteiger partial charge on any atom is 0.0241 e. The Bertz CT molecular complexity index is 119. The van der Waals surface area contributed by atoms with Crippen molar-refractivity contribution in [2.24, 2.45) is 11.7 Å². The molecule has 80 valence electrons. The van der Waals surface area contributed by atoms with Crippen LogP contribution >= 0.6 is 11.8 Å². The van der Waals surface area contributed by atoms with E-state index < -0.39 is 0 Å². The average molecular weight is 204 g/mol. The Hall–Kier alpha value is 0.270. The summed E-state index contributed by atoms with van der Waals surface area (Å²) in [5.41, 5.74) is 5.77. The van der Waals surface area contributed by atoms with E-state index in [2.05, 4.69) is 32.1 Å². The lowest BCUT2D eigenvalue weighted by Crippen LogP contribution is -2.43. The fraction of sp³-hybridized carbons (Fsp3) is 1.00. The molecule has 2 nitrogen and oxygen atoms in total. The second-order valence-corrected chi connectivity index (χ2v) is 4.65. The van der Waals surface area contributed by atoms with Gasteiger partial charge in [-0.25, -0.2) is 0 Å². The molecule has 0 radical (unpaired) electrons. The van der Waals surface area contributed by atoms with Gasteiger partial charge in [0, 0.05) is 24.9 Å². The summed E-state index contributed by atoms with van der Waals surface area (Å²) in [5, 5.41) is 0. The highest BCUT2D eigenvalue weighted by Crippen LogP contribution is 2.12. The van der Waals surface area contributed by atoms with E-state index in [1.54, 1.807) is 0 Å². The monoisotopic (exact) mass is 204 g/mol. The van der Waals surface area contributed by atoms with Crippen molar-refractivity contribution in [3.05, 3.63) is 0 Å². The Morgan fingerprint density at radius 3 is 2.46 bits per heavy atom. The molecule has 0 aromatic rings. The highest BCUT2D eigenvalue weighted by molar-refractivity contribution is 7.98. The second-order valence-electron chi connectivity index (χ2n) is 3.66. The Labute approximate surface area is 87.2 Å². The molecule has 0 aliphatic carbocycles. The molecule has 0 amide bonds. The Morgan fingerprint density at radius 1 is 1.46 bits per heavy atom. The molecule has 0 bridgehead atoms. The van der Waals surface area contributed by atoms with E-state index >= 15 is 0 Å². The van der Waals surface area contributed by atoms with Crippen LogP contribution in [0.25, 0.3) is 0 Å².